The van der Waals surface area contributed by atoms with E-state index in [0.29, 0.717) is 17.3 Å². The molecular weight excluding hydrogens is 445 g/mol. The van der Waals surface area contributed by atoms with E-state index in [1.54, 1.807) is 0 Å². The number of aromatic hydroxyl groups is 1. The van der Waals surface area contributed by atoms with Crippen molar-refractivity contribution >= 4 is 24.9 Å². The molecule has 2 aromatic rings. The summed E-state index contributed by atoms with van der Waals surface area (Å²) < 4.78 is 23.6. The minimum Gasteiger partial charge on any atom is -0.507 e. The van der Waals surface area contributed by atoms with Crippen molar-refractivity contribution < 1.29 is 18.7 Å². The topological polar surface area (TPSA) is 59.0 Å². The molecule has 32 heavy (non-hydrogen) atoms. The van der Waals surface area contributed by atoms with Crippen LogP contribution in [0.25, 0.3) is 0 Å². The van der Waals surface area contributed by atoms with Gasteiger partial charge in [0.05, 0.1) is 0 Å². The van der Waals surface area contributed by atoms with Crippen molar-refractivity contribution in [2.75, 3.05) is 32.0 Å². The summed E-state index contributed by atoms with van der Waals surface area (Å²) in [5, 5.41) is 11.8. The molecule has 0 spiro atoms. The van der Waals surface area contributed by atoms with E-state index in [4.69, 9.17) is 20.6 Å². The Morgan fingerprint density at radius 3 is 1.81 bits per heavy atom. The molecule has 0 saturated heterocycles. The predicted molar refractivity (Wildman–Crippen MR) is 135 cm³/mol. The Bertz CT molecular complexity index is 918. The lowest BCUT2D eigenvalue weighted by molar-refractivity contribution is 0.275. The van der Waals surface area contributed by atoms with Crippen molar-refractivity contribution in [1.82, 2.24) is 0 Å². The Kier molecular flexibility index (Phi) is 8.50. The van der Waals surface area contributed by atoms with Crippen LogP contribution in [0.2, 0.25) is 5.02 Å². The fraction of sp³-hybridized carbons (Fsp3) is 0.520. The van der Waals surface area contributed by atoms with Gasteiger partial charge in [-0.25, -0.2) is 0 Å². The van der Waals surface area contributed by atoms with Gasteiger partial charge in [0.2, 0.25) is 0 Å². The zero-order chi connectivity index (χ0) is 24.3. The monoisotopic (exact) mass is 481 g/mol. The first-order valence-electron chi connectivity index (χ1n) is 10.8. The van der Waals surface area contributed by atoms with Gasteiger partial charge in [-0.1, -0.05) is 65.3 Å². The van der Waals surface area contributed by atoms with E-state index in [9.17, 15) is 9.67 Å². The van der Waals surface area contributed by atoms with Gasteiger partial charge in [-0.15, -0.1) is 0 Å². The molecule has 178 valence electrons. The van der Waals surface area contributed by atoms with E-state index in [-0.39, 0.29) is 17.1 Å². The highest BCUT2D eigenvalue weighted by Gasteiger charge is 2.30. The van der Waals surface area contributed by atoms with E-state index < -0.39 is 7.60 Å². The first-order chi connectivity index (χ1) is 14.7. The summed E-state index contributed by atoms with van der Waals surface area (Å²) in [5.41, 5.74) is 3.15. The van der Waals surface area contributed by atoms with Crippen molar-refractivity contribution in [3.8, 4) is 5.75 Å². The molecule has 7 heteroatoms. The van der Waals surface area contributed by atoms with Crippen molar-refractivity contribution in [2.45, 2.75) is 58.8 Å². The van der Waals surface area contributed by atoms with Crippen LogP contribution in [0.4, 0.5) is 5.69 Å². The molecule has 0 atom stereocenters. The van der Waals surface area contributed by atoms with E-state index in [1.165, 1.54) is 14.2 Å². The van der Waals surface area contributed by atoms with E-state index in [1.807, 2.05) is 41.3 Å². The third-order valence-corrected chi connectivity index (χ3v) is 7.61. The van der Waals surface area contributed by atoms with Gasteiger partial charge in [0.1, 0.15) is 12.0 Å². The number of anilines is 1. The molecule has 0 aliphatic rings. The van der Waals surface area contributed by atoms with Gasteiger partial charge >= 0.3 is 7.60 Å². The molecule has 0 saturated carbocycles. The van der Waals surface area contributed by atoms with Crippen molar-refractivity contribution in [3.05, 3.63) is 58.1 Å². The standard InChI is InChI=1S/C25H37ClNO4P/c1-24(2,3)21-15-20(16-22(23(21)28)25(4,5)6)27(17-32(29,30-7)31-8)14-13-18-9-11-19(26)12-10-18/h9-12,15-16,28H,13-14,17H2,1-8H3. The maximum absolute atomic E-state index is 13.1. The Labute approximate surface area is 198 Å². The number of halogens is 1. The van der Waals surface area contributed by atoms with Crippen LogP contribution >= 0.6 is 19.2 Å². The number of hydrogen-bond acceptors (Lipinski definition) is 5. The number of hydrogen-bond donors (Lipinski definition) is 1. The van der Waals surface area contributed by atoms with Crippen LogP contribution in [0.3, 0.4) is 0 Å². The second-order valence-corrected chi connectivity index (χ2v) is 12.8. The first kappa shape index (κ1) is 26.7. The summed E-state index contributed by atoms with van der Waals surface area (Å²) in [6.07, 6.45) is 0.826. The lowest BCUT2D eigenvalue weighted by Crippen LogP contribution is -2.29. The van der Waals surface area contributed by atoms with Crippen LogP contribution in [0, 0.1) is 0 Å². The van der Waals surface area contributed by atoms with Gasteiger partial charge in [-0.2, -0.15) is 0 Å². The minimum atomic E-state index is -3.31. The second-order valence-electron chi connectivity index (χ2n) is 10.1. The van der Waals surface area contributed by atoms with Crippen molar-refractivity contribution in [1.29, 1.82) is 0 Å². The highest BCUT2D eigenvalue weighted by atomic mass is 35.5. The Morgan fingerprint density at radius 1 is 0.938 bits per heavy atom. The number of phenols is 1. The summed E-state index contributed by atoms with van der Waals surface area (Å²) in [6, 6.07) is 11.7. The lowest BCUT2D eigenvalue weighted by atomic mass is 9.79. The quantitative estimate of drug-likeness (QED) is 0.406. The van der Waals surface area contributed by atoms with Gasteiger partial charge < -0.3 is 19.1 Å². The van der Waals surface area contributed by atoms with Crippen LogP contribution in [-0.4, -0.2) is 32.2 Å². The molecule has 0 bridgehead atoms. The van der Waals surface area contributed by atoms with Gasteiger partial charge in [0.25, 0.3) is 0 Å². The normalized spacial score (nSPS) is 12.8. The fourth-order valence-corrected chi connectivity index (χ4v) is 4.77. The molecule has 0 fully saturated rings. The molecule has 0 heterocycles. The molecule has 2 aromatic carbocycles. The SMILES string of the molecule is COP(=O)(CN(CCc1ccc(Cl)cc1)c1cc(C(C)(C)C)c(O)c(C(C)(C)C)c1)OC. The van der Waals surface area contributed by atoms with E-state index in [0.717, 1.165) is 28.8 Å². The van der Waals surface area contributed by atoms with Crippen LogP contribution in [0.5, 0.6) is 5.75 Å². The zero-order valence-electron chi connectivity index (χ0n) is 20.5. The molecule has 5 nitrogen and oxygen atoms in total. The summed E-state index contributed by atoms with van der Waals surface area (Å²) in [6.45, 7) is 13.0. The third-order valence-electron chi connectivity index (χ3n) is 5.56. The van der Waals surface area contributed by atoms with E-state index >= 15 is 0 Å². The summed E-state index contributed by atoms with van der Waals surface area (Å²) in [5.74, 6) is 0.313. The maximum Gasteiger partial charge on any atom is 0.349 e. The van der Waals surface area contributed by atoms with Crippen LogP contribution in [-0.2, 0) is 30.9 Å². The van der Waals surface area contributed by atoms with Gasteiger partial charge in [0, 0.05) is 42.6 Å². The smallest absolute Gasteiger partial charge is 0.349 e. The van der Waals surface area contributed by atoms with Gasteiger partial charge in [0.15, 0.2) is 0 Å². The van der Waals surface area contributed by atoms with Gasteiger partial charge in [-0.3, -0.25) is 4.57 Å². The highest BCUT2D eigenvalue weighted by Crippen LogP contribution is 2.49. The van der Waals surface area contributed by atoms with Crippen LogP contribution < -0.4 is 4.90 Å². The summed E-state index contributed by atoms with van der Waals surface area (Å²) in [4.78, 5) is 2.02. The Balaban J connectivity index is 2.57. The first-order valence-corrected chi connectivity index (χ1v) is 12.9. The Morgan fingerprint density at radius 2 is 1.41 bits per heavy atom. The number of nitrogens with zero attached hydrogens (tertiary/aromatic N) is 1. The van der Waals surface area contributed by atoms with Gasteiger partial charge in [-0.05, 0) is 47.1 Å². The molecule has 0 radical (unpaired) electrons. The van der Waals surface area contributed by atoms with Crippen molar-refractivity contribution in [3.63, 3.8) is 0 Å². The lowest BCUT2D eigenvalue weighted by Gasteiger charge is -2.33. The number of benzene rings is 2. The molecule has 0 aliphatic carbocycles. The van der Waals surface area contributed by atoms with Crippen LogP contribution in [0.15, 0.2) is 36.4 Å². The Hall–Kier alpha value is -1.52. The molecule has 1 N–H and O–H groups in total. The summed E-state index contributed by atoms with van der Waals surface area (Å²) in [7, 11) is -0.508. The van der Waals surface area contributed by atoms with Crippen LogP contribution in [0.1, 0.15) is 58.2 Å². The number of rotatable bonds is 8. The molecule has 0 amide bonds. The zero-order valence-corrected chi connectivity index (χ0v) is 22.2. The van der Waals surface area contributed by atoms with E-state index in [2.05, 4.69) is 41.5 Å². The predicted octanol–water partition coefficient (Wildman–Crippen LogP) is 7.13. The fourth-order valence-electron chi connectivity index (χ4n) is 3.54. The molecule has 0 unspecified atom stereocenters. The molecular formula is C25H37ClNO4P. The maximum atomic E-state index is 13.1. The van der Waals surface area contributed by atoms with Crippen molar-refractivity contribution in [2.24, 2.45) is 0 Å². The average Bonchev–Trinajstić information content (AvgIpc) is 2.70. The highest BCUT2D eigenvalue weighted by molar-refractivity contribution is 7.53. The molecule has 2 rings (SSSR count). The molecule has 0 aromatic heterocycles. The number of phenolic OH excluding ortho intramolecular Hbond substituents is 1. The average molecular weight is 482 g/mol. The third kappa shape index (κ3) is 6.74. The minimum absolute atomic E-state index is 0.103. The molecule has 0 aliphatic heterocycles. The summed E-state index contributed by atoms with van der Waals surface area (Å²) >= 11 is 6.03. The largest absolute Gasteiger partial charge is 0.507 e. The second kappa shape index (κ2) is 10.2.